The molecule has 2 rings (SSSR count). The van der Waals surface area contributed by atoms with E-state index in [0.717, 1.165) is 12.8 Å². The Hall–Kier alpha value is -0.140. The highest BCUT2D eigenvalue weighted by atomic mass is 19.3. The molecule has 0 unspecified atom stereocenters. The number of hydrogen-bond acceptors (Lipinski definition) is 0. The molecular formula is C8H11F2. The van der Waals surface area contributed by atoms with E-state index in [1.54, 1.807) is 0 Å². The normalized spacial score (nSPS) is 35.1. The SMILES string of the molecule is [CH2]C1CC2(C1)CC(F)(F)C2. The average Bonchev–Trinajstić information content (AvgIpc) is 1.55. The number of alkyl halides is 2. The summed E-state index contributed by atoms with van der Waals surface area (Å²) in [7, 11) is 0. The highest BCUT2D eigenvalue weighted by Crippen LogP contribution is 2.64. The summed E-state index contributed by atoms with van der Waals surface area (Å²) in [4.78, 5) is 0. The van der Waals surface area contributed by atoms with Gasteiger partial charge in [-0.15, -0.1) is 0 Å². The predicted octanol–water partition coefficient (Wildman–Crippen LogP) is 2.65. The molecule has 0 atom stereocenters. The lowest BCUT2D eigenvalue weighted by Crippen LogP contribution is -2.52. The van der Waals surface area contributed by atoms with E-state index in [1.165, 1.54) is 0 Å². The molecule has 2 heteroatoms. The highest BCUT2D eigenvalue weighted by Gasteiger charge is 2.60. The Morgan fingerprint density at radius 1 is 1.20 bits per heavy atom. The molecular weight excluding hydrogens is 134 g/mol. The molecule has 0 amide bonds. The van der Waals surface area contributed by atoms with Gasteiger partial charge in [-0.25, -0.2) is 8.78 Å². The van der Waals surface area contributed by atoms with Crippen molar-refractivity contribution in [3.05, 3.63) is 6.92 Å². The number of hydrogen-bond donors (Lipinski definition) is 0. The van der Waals surface area contributed by atoms with Gasteiger partial charge in [0.1, 0.15) is 0 Å². The summed E-state index contributed by atoms with van der Waals surface area (Å²) in [5.74, 6) is -1.88. The van der Waals surface area contributed by atoms with Crippen molar-refractivity contribution in [2.45, 2.75) is 31.6 Å². The molecule has 0 aromatic rings. The smallest absolute Gasteiger partial charge is 0.207 e. The maximum absolute atomic E-state index is 12.4. The first-order valence-electron chi connectivity index (χ1n) is 3.72. The quantitative estimate of drug-likeness (QED) is 0.491. The van der Waals surface area contributed by atoms with Gasteiger partial charge >= 0.3 is 0 Å². The van der Waals surface area contributed by atoms with E-state index in [9.17, 15) is 8.78 Å². The summed E-state index contributed by atoms with van der Waals surface area (Å²) < 4.78 is 24.7. The third-order valence-electron chi connectivity index (χ3n) is 2.71. The van der Waals surface area contributed by atoms with Gasteiger partial charge in [-0.2, -0.15) is 0 Å². The van der Waals surface area contributed by atoms with Crippen molar-refractivity contribution in [2.24, 2.45) is 11.3 Å². The van der Waals surface area contributed by atoms with Crippen LogP contribution in [0.2, 0.25) is 0 Å². The number of rotatable bonds is 0. The zero-order valence-electron chi connectivity index (χ0n) is 5.87. The van der Waals surface area contributed by atoms with Crippen molar-refractivity contribution in [2.75, 3.05) is 0 Å². The second kappa shape index (κ2) is 1.54. The maximum Gasteiger partial charge on any atom is 0.249 e. The lowest BCUT2D eigenvalue weighted by atomic mass is 9.51. The monoisotopic (exact) mass is 145 g/mol. The molecule has 1 radical (unpaired) electrons. The van der Waals surface area contributed by atoms with Crippen LogP contribution in [0.25, 0.3) is 0 Å². The van der Waals surface area contributed by atoms with Gasteiger partial charge in [-0.3, -0.25) is 0 Å². The molecule has 1 spiro atoms. The Morgan fingerprint density at radius 3 is 2.00 bits per heavy atom. The topological polar surface area (TPSA) is 0 Å². The van der Waals surface area contributed by atoms with Crippen molar-refractivity contribution in [1.29, 1.82) is 0 Å². The van der Waals surface area contributed by atoms with E-state index >= 15 is 0 Å². The van der Waals surface area contributed by atoms with Crippen LogP contribution in [-0.4, -0.2) is 5.92 Å². The Morgan fingerprint density at radius 2 is 1.70 bits per heavy atom. The molecule has 0 aromatic carbocycles. The fourth-order valence-corrected chi connectivity index (χ4v) is 2.50. The van der Waals surface area contributed by atoms with Crippen molar-refractivity contribution in [1.82, 2.24) is 0 Å². The van der Waals surface area contributed by atoms with E-state index in [1.807, 2.05) is 0 Å². The van der Waals surface area contributed by atoms with Crippen LogP contribution in [-0.2, 0) is 0 Å². The number of halogens is 2. The molecule has 0 bridgehead atoms. The standard InChI is InChI=1S/C8H11F2/c1-6-2-7(3-6)4-8(9,10)5-7/h6H,1-5H2. The van der Waals surface area contributed by atoms with Crippen molar-refractivity contribution in [3.63, 3.8) is 0 Å². The largest absolute Gasteiger partial charge is 0.249 e. The van der Waals surface area contributed by atoms with Crippen LogP contribution in [0.15, 0.2) is 0 Å². The molecule has 0 aliphatic heterocycles. The summed E-state index contributed by atoms with van der Waals surface area (Å²) in [6.45, 7) is 3.82. The minimum atomic E-state index is -2.33. The van der Waals surface area contributed by atoms with E-state index in [4.69, 9.17) is 0 Å². The summed E-state index contributed by atoms with van der Waals surface area (Å²) in [5.41, 5.74) is 0.0376. The van der Waals surface area contributed by atoms with Gasteiger partial charge in [0.25, 0.3) is 0 Å². The van der Waals surface area contributed by atoms with Crippen LogP contribution >= 0.6 is 0 Å². The molecule has 2 fully saturated rings. The fraction of sp³-hybridized carbons (Fsp3) is 0.875. The first kappa shape index (κ1) is 6.56. The van der Waals surface area contributed by atoms with Crippen LogP contribution in [0.3, 0.4) is 0 Å². The minimum Gasteiger partial charge on any atom is -0.207 e. The van der Waals surface area contributed by atoms with E-state index < -0.39 is 5.92 Å². The van der Waals surface area contributed by atoms with Gasteiger partial charge < -0.3 is 0 Å². The van der Waals surface area contributed by atoms with Crippen LogP contribution in [0, 0.1) is 18.3 Å². The van der Waals surface area contributed by atoms with Crippen molar-refractivity contribution in [3.8, 4) is 0 Å². The lowest BCUT2D eigenvalue weighted by Gasteiger charge is -2.56. The minimum absolute atomic E-state index is 0.0376. The van der Waals surface area contributed by atoms with E-state index in [-0.39, 0.29) is 18.3 Å². The first-order valence-corrected chi connectivity index (χ1v) is 3.72. The zero-order chi connectivity index (χ0) is 7.41. The molecule has 0 nitrogen and oxygen atoms in total. The Labute approximate surface area is 59.6 Å². The zero-order valence-corrected chi connectivity index (χ0v) is 5.87. The second-order valence-corrected chi connectivity index (χ2v) is 3.98. The first-order chi connectivity index (χ1) is 4.52. The summed E-state index contributed by atoms with van der Waals surface area (Å²) in [6.07, 6.45) is 2.13. The van der Waals surface area contributed by atoms with Gasteiger partial charge in [-0.05, 0) is 24.2 Å². The summed E-state index contributed by atoms with van der Waals surface area (Å²) in [5, 5.41) is 0. The van der Waals surface area contributed by atoms with Crippen molar-refractivity contribution < 1.29 is 8.78 Å². The molecule has 10 heavy (non-hydrogen) atoms. The van der Waals surface area contributed by atoms with E-state index in [2.05, 4.69) is 6.92 Å². The van der Waals surface area contributed by atoms with Crippen molar-refractivity contribution >= 4 is 0 Å². The summed E-state index contributed by atoms with van der Waals surface area (Å²) >= 11 is 0. The molecule has 2 aliphatic rings. The molecule has 0 saturated heterocycles. The Bertz CT molecular complexity index is 147. The van der Waals surface area contributed by atoms with Crippen LogP contribution in [0.4, 0.5) is 8.78 Å². The van der Waals surface area contributed by atoms with Crippen LogP contribution in [0.5, 0.6) is 0 Å². The Kier molecular flexibility index (Phi) is 1.01. The summed E-state index contributed by atoms with van der Waals surface area (Å²) in [6, 6.07) is 0. The van der Waals surface area contributed by atoms with Gasteiger partial charge in [0.2, 0.25) is 5.92 Å². The molecule has 2 aliphatic carbocycles. The van der Waals surface area contributed by atoms with Crippen LogP contribution < -0.4 is 0 Å². The fourth-order valence-electron chi connectivity index (χ4n) is 2.50. The van der Waals surface area contributed by atoms with E-state index in [0.29, 0.717) is 5.92 Å². The van der Waals surface area contributed by atoms with Gasteiger partial charge in [-0.1, -0.05) is 6.92 Å². The molecule has 2 saturated carbocycles. The second-order valence-electron chi connectivity index (χ2n) is 3.98. The lowest BCUT2D eigenvalue weighted by molar-refractivity contribution is -0.201. The molecule has 0 heterocycles. The highest BCUT2D eigenvalue weighted by molar-refractivity contribution is 5.06. The van der Waals surface area contributed by atoms with Gasteiger partial charge in [0.05, 0.1) is 0 Å². The maximum atomic E-state index is 12.4. The molecule has 57 valence electrons. The third kappa shape index (κ3) is 0.774. The predicted molar refractivity (Wildman–Crippen MR) is 34.7 cm³/mol. The Balaban J connectivity index is 1.91. The van der Waals surface area contributed by atoms with Gasteiger partial charge in [0.15, 0.2) is 0 Å². The molecule has 0 N–H and O–H groups in total. The van der Waals surface area contributed by atoms with Gasteiger partial charge in [0, 0.05) is 12.8 Å². The van der Waals surface area contributed by atoms with Crippen LogP contribution in [0.1, 0.15) is 25.7 Å². The third-order valence-corrected chi connectivity index (χ3v) is 2.71. The average molecular weight is 145 g/mol. The molecule has 0 aromatic heterocycles.